The predicted molar refractivity (Wildman–Crippen MR) is 115 cm³/mol. The van der Waals surface area contributed by atoms with Crippen molar-refractivity contribution >= 4 is 18.1 Å². The number of piperidine rings is 1. The number of likely N-dealkylation sites (tertiary alicyclic amines) is 2. The Bertz CT molecular complexity index is 769. The van der Waals surface area contributed by atoms with E-state index in [2.05, 4.69) is 5.32 Å². The molecule has 0 saturated carbocycles. The molecule has 0 aromatic heterocycles. The van der Waals surface area contributed by atoms with Crippen LogP contribution in [0.3, 0.4) is 0 Å². The van der Waals surface area contributed by atoms with Crippen LogP contribution in [0.15, 0.2) is 30.3 Å². The maximum atomic E-state index is 13.1. The van der Waals surface area contributed by atoms with Crippen LogP contribution in [0.1, 0.15) is 52.0 Å². The molecule has 3 rings (SSSR count). The van der Waals surface area contributed by atoms with Crippen LogP contribution in [0, 0.1) is 0 Å². The minimum Gasteiger partial charge on any atom is -0.445 e. The number of carbonyl (C=O) groups is 3. The van der Waals surface area contributed by atoms with Crippen molar-refractivity contribution in [2.75, 3.05) is 19.6 Å². The molecule has 1 atom stereocenters. The predicted octanol–water partition coefficient (Wildman–Crippen LogP) is 3.30. The quantitative estimate of drug-likeness (QED) is 0.790. The summed E-state index contributed by atoms with van der Waals surface area (Å²) in [7, 11) is 0. The van der Waals surface area contributed by atoms with E-state index in [1.807, 2.05) is 51.1 Å². The van der Waals surface area contributed by atoms with Gasteiger partial charge in [-0.2, -0.15) is 0 Å². The molecule has 0 radical (unpaired) electrons. The summed E-state index contributed by atoms with van der Waals surface area (Å²) < 4.78 is 10.7. The lowest BCUT2D eigenvalue weighted by Gasteiger charge is -2.35. The molecule has 1 aromatic rings. The lowest BCUT2D eigenvalue weighted by molar-refractivity contribution is -0.136. The number of carbonyl (C=O) groups excluding carboxylic acids is 3. The number of amides is 3. The Labute approximate surface area is 183 Å². The van der Waals surface area contributed by atoms with Crippen molar-refractivity contribution in [1.82, 2.24) is 15.1 Å². The Hall–Kier alpha value is -2.77. The molecular formula is C23H33N3O5. The van der Waals surface area contributed by atoms with Crippen molar-refractivity contribution in [2.24, 2.45) is 0 Å². The minimum atomic E-state index is -0.540. The van der Waals surface area contributed by atoms with E-state index >= 15 is 0 Å². The van der Waals surface area contributed by atoms with E-state index in [4.69, 9.17) is 9.47 Å². The van der Waals surface area contributed by atoms with Gasteiger partial charge in [0.25, 0.3) is 0 Å². The van der Waals surface area contributed by atoms with E-state index in [1.165, 1.54) is 0 Å². The zero-order chi connectivity index (χ0) is 22.4. The van der Waals surface area contributed by atoms with E-state index < -0.39 is 23.8 Å². The van der Waals surface area contributed by atoms with Crippen molar-refractivity contribution in [2.45, 2.75) is 70.7 Å². The highest BCUT2D eigenvalue weighted by Crippen LogP contribution is 2.23. The SMILES string of the molecule is CC(C)(C)OC(=O)NC1CCN(C(=O)C2CCCN2C(=O)OCc2ccccc2)CC1. The van der Waals surface area contributed by atoms with Gasteiger partial charge < -0.3 is 19.7 Å². The second-order valence-corrected chi connectivity index (χ2v) is 9.14. The topological polar surface area (TPSA) is 88.2 Å². The van der Waals surface area contributed by atoms with Crippen molar-refractivity contribution in [1.29, 1.82) is 0 Å². The maximum Gasteiger partial charge on any atom is 0.410 e. The van der Waals surface area contributed by atoms with E-state index in [0.717, 1.165) is 12.0 Å². The molecule has 2 aliphatic rings. The molecule has 2 fully saturated rings. The molecule has 170 valence electrons. The summed E-state index contributed by atoms with van der Waals surface area (Å²) in [5.74, 6) is -0.0371. The molecule has 0 spiro atoms. The highest BCUT2D eigenvalue weighted by atomic mass is 16.6. The third-order valence-corrected chi connectivity index (χ3v) is 5.50. The number of nitrogens with one attached hydrogen (secondary N) is 1. The molecule has 1 unspecified atom stereocenters. The fourth-order valence-corrected chi connectivity index (χ4v) is 3.97. The molecule has 0 bridgehead atoms. The zero-order valence-electron chi connectivity index (χ0n) is 18.6. The lowest BCUT2D eigenvalue weighted by Crippen LogP contribution is -2.52. The first-order chi connectivity index (χ1) is 14.7. The molecule has 2 saturated heterocycles. The number of alkyl carbamates (subject to hydrolysis) is 1. The number of hydrogen-bond acceptors (Lipinski definition) is 5. The van der Waals surface area contributed by atoms with Crippen LogP contribution in [0.5, 0.6) is 0 Å². The van der Waals surface area contributed by atoms with E-state index in [9.17, 15) is 14.4 Å². The van der Waals surface area contributed by atoms with Gasteiger partial charge in [-0.3, -0.25) is 9.69 Å². The normalized spacial score (nSPS) is 19.8. The minimum absolute atomic E-state index is 0.0191. The molecule has 8 nitrogen and oxygen atoms in total. The molecule has 2 aliphatic heterocycles. The summed E-state index contributed by atoms with van der Waals surface area (Å²) in [6.45, 7) is 7.29. The third kappa shape index (κ3) is 6.60. The summed E-state index contributed by atoms with van der Waals surface area (Å²) in [5, 5.41) is 2.88. The Morgan fingerprint density at radius 2 is 1.71 bits per heavy atom. The van der Waals surface area contributed by atoms with Gasteiger partial charge in [-0.1, -0.05) is 30.3 Å². The lowest BCUT2D eigenvalue weighted by atomic mass is 10.0. The molecular weight excluding hydrogens is 398 g/mol. The van der Waals surface area contributed by atoms with Gasteiger partial charge in [-0.05, 0) is 52.0 Å². The van der Waals surface area contributed by atoms with Crippen molar-refractivity contribution in [3.05, 3.63) is 35.9 Å². The maximum absolute atomic E-state index is 13.1. The smallest absolute Gasteiger partial charge is 0.410 e. The van der Waals surface area contributed by atoms with Gasteiger partial charge in [0.1, 0.15) is 18.2 Å². The fraction of sp³-hybridized carbons (Fsp3) is 0.609. The van der Waals surface area contributed by atoms with Crippen molar-refractivity contribution < 1.29 is 23.9 Å². The first kappa shape index (κ1) is 22.9. The molecule has 31 heavy (non-hydrogen) atoms. The average Bonchev–Trinajstić information content (AvgIpc) is 3.21. The van der Waals surface area contributed by atoms with E-state index in [0.29, 0.717) is 38.9 Å². The Morgan fingerprint density at radius 1 is 1.03 bits per heavy atom. The Balaban J connectivity index is 1.47. The highest BCUT2D eigenvalue weighted by molar-refractivity contribution is 5.86. The zero-order valence-corrected chi connectivity index (χ0v) is 18.6. The first-order valence-electron chi connectivity index (χ1n) is 11.0. The second kappa shape index (κ2) is 10.0. The van der Waals surface area contributed by atoms with Crippen LogP contribution in [0.25, 0.3) is 0 Å². The monoisotopic (exact) mass is 431 g/mol. The molecule has 0 aliphatic carbocycles. The fourth-order valence-electron chi connectivity index (χ4n) is 3.97. The van der Waals surface area contributed by atoms with Crippen LogP contribution in [0.2, 0.25) is 0 Å². The van der Waals surface area contributed by atoms with Crippen LogP contribution < -0.4 is 5.32 Å². The highest BCUT2D eigenvalue weighted by Gasteiger charge is 2.38. The molecule has 1 aromatic carbocycles. The van der Waals surface area contributed by atoms with Gasteiger partial charge in [0.15, 0.2) is 0 Å². The molecule has 1 N–H and O–H groups in total. The number of rotatable bonds is 4. The van der Waals surface area contributed by atoms with Gasteiger partial charge in [0, 0.05) is 25.7 Å². The molecule has 2 heterocycles. The Morgan fingerprint density at radius 3 is 2.35 bits per heavy atom. The number of ether oxygens (including phenoxy) is 2. The summed E-state index contributed by atoms with van der Waals surface area (Å²) in [5.41, 5.74) is 0.374. The summed E-state index contributed by atoms with van der Waals surface area (Å²) >= 11 is 0. The largest absolute Gasteiger partial charge is 0.445 e. The Kier molecular flexibility index (Phi) is 7.41. The summed E-state index contributed by atoms with van der Waals surface area (Å²) in [6, 6.07) is 9.00. The number of hydrogen-bond donors (Lipinski definition) is 1. The van der Waals surface area contributed by atoms with Crippen LogP contribution in [-0.2, 0) is 20.9 Å². The second-order valence-electron chi connectivity index (χ2n) is 9.14. The van der Waals surface area contributed by atoms with Gasteiger partial charge >= 0.3 is 12.2 Å². The first-order valence-corrected chi connectivity index (χ1v) is 11.0. The number of nitrogens with zero attached hydrogens (tertiary/aromatic N) is 2. The average molecular weight is 432 g/mol. The standard InChI is InChI=1S/C23H33N3O5/c1-23(2,3)31-21(28)24-18-11-14-25(15-12-18)20(27)19-10-7-13-26(19)22(29)30-16-17-8-5-4-6-9-17/h4-6,8-9,18-19H,7,10-16H2,1-3H3,(H,24,28). The summed E-state index contributed by atoms with van der Waals surface area (Å²) in [4.78, 5) is 41.0. The van der Waals surface area contributed by atoms with Crippen LogP contribution >= 0.6 is 0 Å². The van der Waals surface area contributed by atoms with Gasteiger partial charge in [-0.15, -0.1) is 0 Å². The van der Waals surface area contributed by atoms with Gasteiger partial charge in [-0.25, -0.2) is 9.59 Å². The van der Waals surface area contributed by atoms with E-state index in [1.54, 1.807) is 9.80 Å². The van der Waals surface area contributed by atoms with Crippen LogP contribution in [0.4, 0.5) is 9.59 Å². The summed E-state index contributed by atoms with van der Waals surface area (Å²) in [6.07, 6.45) is 1.89. The van der Waals surface area contributed by atoms with Crippen molar-refractivity contribution in [3.8, 4) is 0 Å². The van der Waals surface area contributed by atoms with Crippen molar-refractivity contribution in [3.63, 3.8) is 0 Å². The molecule has 8 heteroatoms. The van der Waals surface area contributed by atoms with Crippen LogP contribution in [-0.4, -0.2) is 65.2 Å². The third-order valence-electron chi connectivity index (χ3n) is 5.50. The van der Waals surface area contributed by atoms with Gasteiger partial charge in [0.2, 0.25) is 5.91 Å². The molecule has 3 amide bonds. The van der Waals surface area contributed by atoms with E-state index in [-0.39, 0.29) is 18.6 Å². The number of benzene rings is 1. The van der Waals surface area contributed by atoms with Gasteiger partial charge in [0.05, 0.1) is 0 Å².